The van der Waals surface area contributed by atoms with E-state index in [4.69, 9.17) is 9.47 Å². The molecule has 0 amide bonds. The van der Waals surface area contributed by atoms with Gasteiger partial charge >= 0.3 is 23.9 Å². The number of halogens is 1. The van der Waals surface area contributed by atoms with Crippen molar-refractivity contribution in [2.75, 3.05) is 14.2 Å². The first-order chi connectivity index (χ1) is 12.8. The number of carbonyl (C=O) groups excluding carboxylic acids is 4. The van der Waals surface area contributed by atoms with Crippen LogP contribution in [0.1, 0.15) is 11.1 Å². The zero-order valence-corrected chi connectivity index (χ0v) is 14.8. The molecule has 1 aromatic carbocycles. The number of carbonyl (C=O) groups is 4. The van der Waals surface area contributed by atoms with Crippen molar-refractivity contribution >= 4 is 23.9 Å². The van der Waals surface area contributed by atoms with E-state index in [2.05, 4.69) is 9.47 Å². The van der Waals surface area contributed by atoms with Gasteiger partial charge in [-0.3, -0.25) is 0 Å². The zero-order chi connectivity index (χ0) is 20.4. The van der Waals surface area contributed by atoms with E-state index < -0.39 is 36.3 Å². The summed E-state index contributed by atoms with van der Waals surface area (Å²) in [5, 5.41) is 0. The van der Waals surface area contributed by atoms with E-state index in [1.165, 1.54) is 13.0 Å². The van der Waals surface area contributed by atoms with Crippen molar-refractivity contribution in [3.05, 3.63) is 53.4 Å². The molecule has 0 spiro atoms. The highest BCUT2D eigenvalue weighted by atomic mass is 19.1. The van der Waals surface area contributed by atoms with Gasteiger partial charge in [0.25, 0.3) is 0 Å². The average Bonchev–Trinajstić information content (AvgIpc) is 2.63. The summed E-state index contributed by atoms with van der Waals surface area (Å²) >= 11 is 0. The SMILES string of the molecule is COC(=O)/C=C/C(=O)OCc1c(C)cc(OC(=O)/C=C/C(=O)OC)cc1F. The number of methoxy groups -OCH3 is 2. The summed E-state index contributed by atoms with van der Waals surface area (Å²) < 4.78 is 32.5. The van der Waals surface area contributed by atoms with E-state index in [0.29, 0.717) is 5.56 Å². The molecule has 0 saturated heterocycles. The molecule has 1 rings (SSSR count). The number of rotatable bonds is 7. The van der Waals surface area contributed by atoms with Gasteiger partial charge in [-0.15, -0.1) is 0 Å². The molecule has 0 bridgehead atoms. The minimum absolute atomic E-state index is 0.0692. The highest BCUT2D eigenvalue weighted by Crippen LogP contribution is 2.22. The molecule has 0 heterocycles. The lowest BCUT2D eigenvalue weighted by atomic mass is 10.1. The summed E-state index contributed by atoms with van der Waals surface area (Å²) in [6.45, 7) is 1.14. The predicted octanol–water partition coefficient (Wildman–Crippen LogP) is 1.54. The van der Waals surface area contributed by atoms with Gasteiger partial charge in [-0.05, 0) is 18.6 Å². The van der Waals surface area contributed by atoms with Gasteiger partial charge in [-0.2, -0.15) is 0 Å². The largest absolute Gasteiger partial charge is 0.466 e. The highest BCUT2D eigenvalue weighted by molar-refractivity contribution is 5.92. The third kappa shape index (κ3) is 7.51. The van der Waals surface area contributed by atoms with E-state index in [1.807, 2.05) is 0 Å². The molecule has 0 aromatic heterocycles. The van der Waals surface area contributed by atoms with Crippen LogP contribution in [-0.2, 0) is 40.0 Å². The molecule has 0 aliphatic carbocycles. The Bertz CT molecular complexity index is 772. The summed E-state index contributed by atoms with van der Waals surface area (Å²) in [6.07, 6.45) is 3.42. The van der Waals surface area contributed by atoms with Gasteiger partial charge < -0.3 is 18.9 Å². The molecular weight excluding hydrogens is 363 g/mol. The Morgan fingerprint density at radius 3 is 1.93 bits per heavy atom. The second-order valence-corrected chi connectivity index (χ2v) is 4.94. The fourth-order valence-electron chi connectivity index (χ4n) is 1.73. The van der Waals surface area contributed by atoms with Crippen LogP contribution in [0.5, 0.6) is 5.75 Å². The monoisotopic (exact) mass is 380 g/mol. The molecule has 0 aliphatic heterocycles. The molecule has 8 nitrogen and oxygen atoms in total. The van der Waals surface area contributed by atoms with E-state index >= 15 is 0 Å². The van der Waals surface area contributed by atoms with Crippen LogP contribution in [0.15, 0.2) is 36.4 Å². The Labute approximate surface area is 154 Å². The van der Waals surface area contributed by atoms with Crippen LogP contribution in [0.3, 0.4) is 0 Å². The quantitative estimate of drug-likeness (QED) is 0.304. The lowest BCUT2D eigenvalue weighted by molar-refractivity contribution is -0.140. The van der Waals surface area contributed by atoms with E-state index in [9.17, 15) is 23.6 Å². The lowest BCUT2D eigenvalue weighted by Gasteiger charge is -2.10. The van der Waals surface area contributed by atoms with Crippen molar-refractivity contribution in [3.8, 4) is 5.75 Å². The lowest BCUT2D eigenvalue weighted by Crippen LogP contribution is -2.08. The topological polar surface area (TPSA) is 105 Å². The third-order valence-corrected chi connectivity index (χ3v) is 3.08. The highest BCUT2D eigenvalue weighted by Gasteiger charge is 2.13. The Morgan fingerprint density at radius 1 is 0.889 bits per heavy atom. The average molecular weight is 380 g/mol. The number of aryl methyl sites for hydroxylation is 1. The Kier molecular flexibility index (Phi) is 8.37. The van der Waals surface area contributed by atoms with Gasteiger partial charge in [-0.25, -0.2) is 23.6 Å². The van der Waals surface area contributed by atoms with Crippen LogP contribution in [-0.4, -0.2) is 38.1 Å². The molecule has 0 atom stereocenters. The van der Waals surface area contributed by atoms with E-state index in [1.54, 1.807) is 0 Å². The summed E-state index contributed by atoms with van der Waals surface area (Å²) in [4.78, 5) is 44.8. The number of esters is 4. The van der Waals surface area contributed by atoms with Crippen LogP contribution in [0.25, 0.3) is 0 Å². The van der Waals surface area contributed by atoms with Gasteiger partial charge in [0.15, 0.2) is 0 Å². The zero-order valence-electron chi connectivity index (χ0n) is 14.8. The number of hydrogen-bond donors (Lipinski definition) is 0. The van der Waals surface area contributed by atoms with Crippen molar-refractivity contribution in [1.82, 2.24) is 0 Å². The Balaban J connectivity index is 2.75. The minimum atomic E-state index is -0.897. The minimum Gasteiger partial charge on any atom is -0.466 e. The molecule has 0 N–H and O–H groups in total. The molecule has 0 aliphatic rings. The van der Waals surface area contributed by atoms with E-state index in [0.717, 1.165) is 44.6 Å². The molecule has 0 radical (unpaired) electrons. The van der Waals surface area contributed by atoms with Gasteiger partial charge in [0.05, 0.1) is 14.2 Å². The molecule has 144 valence electrons. The van der Waals surface area contributed by atoms with Gasteiger partial charge in [0.1, 0.15) is 18.2 Å². The molecule has 27 heavy (non-hydrogen) atoms. The van der Waals surface area contributed by atoms with Crippen molar-refractivity contribution < 1.29 is 42.5 Å². The predicted molar refractivity (Wildman–Crippen MR) is 88.9 cm³/mol. The Hall–Kier alpha value is -3.49. The summed E-state index contributed by atoms with van der Waals surface area (Å²) in [6, 6.07) is 2.30. The molecule has 0 unspecified atom stereocenters. The maximum atomic E-state index is 14.2. The summed E-state index contributed by atoms with van der Waals surface area (Å²) in [7, 11) is 2.30. The first-order valence-corrected chi connectivity index (χ1v) is 7.46. The maximum absolute atomic E-state index is 14.2. The van der Waals surface area contributed by atoms with E-state index in [-0.39, 0.29) is 11.3 Å². The van der Waals surface area contributed by atoms with Crippen LogP contribution >= 0.6 is 0 Å². The van der Waals surface area contributed by atoms with Crippen molar-refractivity contribution in [2.45, 2.75) is 13.5 Å². The normalized spacial score (nSPS) is 10.7. The fourth-order valence-corrected chi connectivity index (χ4v) is 1.73. The number of benzene rings is 1. The Morgan fingerprint density at radius 2 is 1.41 bits per heavy atom. The van der Waals surface area contributed by atoms with Crippen molar-refractivity contribution in [1.29, 1.82) is 0 Å². The van der Waals surface area contributed by atoms with Crippen molar-refractivity contribution in [3.63, 3.8) is 0 Å². The molecular formula is C18H17FO8. The number of ether oxygens (including phenoxy) is 4. The van der Waals surface area contributed by atoms with Crippen LogP contribution in [0.4, 0.5) is 4.39 Å². The fraction of sp³-hybridized carbons (Fsp3) is 0.222. The molecule has 0 fully saturated rings. The van der Waals surface area contributed by atoms with Crippen LogP contribution in [0, 0.1) is 12.7 Å². The third-order valence-electron chi connectivity index (χ3n) is 3.08. The van der Waals surface area contributed by atoms with Gasteiger partial charge in [-0.1, -0.05) is 0 Å². The summed E-state index contributed by atoms with van der Waals surface area (Å²) in [5.74, 6) is -4.09. The maximum Gasteiger partial charge on any atom is 0.336 e. The summed E-state index contributed by atoms with van der Waals surface area (Å²) in [5.41, 5.74) is 0.430. The standard InChI is InChI=1S/C18H17FO8/c1-11-8-12(27-18(23)7-5-16(21)25-3)9-14(19)13(11)10-26-17(22)6-4-15(20)24-2/h4-9H,10H2,1-3H3/b6-4+,7-5+. The molecule has 9 heteroatoms. The van der Waals surface area contributed by atoms with Crippen LogP contribution in [0.2, 0.25) is 0 Å². The van der Waals surface area contributed by atoms with Crippen LogP contribution < -0.4 is 4.74 Å². The second kappa shape index (κ2) is 10.5. The van der Waals surface area contributed by atoms with Gasteiger partial charge in [0.2, 0.25) is 0 Å². The second-order valence-electron chi connectivity index (χ2n) is 4.94. The number of hydrogen-bond acceptors (Lipinski definition) is 8. The first-order valence-electron chi connectivity index (χ1n) is 7.46. The molecule has 1 aromatic rings. The first kappa shape index (κ1) is 21.6. The smallest absolute Gasteiger partial charge is 0.336 e. The van der Waals surface area contributed by atoms with Crippen molar-refractivity contribution in [2.24, 2.45) is 0 Å². The van der Waals surface area contributed by atoms with Gasteiger partial charge in [0, 0.05) is 35.9 Å². The molecule has 0 saturated carbocycles.